The van der Waals surface area contributed by atoms with Gasteiger partial charge in [0.2, 0.25) is 12.0 Å². The number of fused-ring (bicyclic) bond motifs is 3. The van der Waals surface area contributed by atoms with Crippen molar-refractivity contribution >= 4 is 17.3 Å². The first-order valence-electron chi connectivity index (χ1n) is 9.78. The molecule has 0 radical (unpaired) electrons. The van der Waals surface area contributed by atoms with Crippen molar-refractivity contribution in [1.82, 2.24) is 5.01 Å². The van der Waals surface area contributed by atoms with E-state index in [1.54, 1.807) is 27.6 Å². The number of rotatable bonds is 5. The van der Waals surface area contributed by atoms with Crippen LogP contribution in [-0.2, 0) is 0 Å². The van der Waals surface area contributed by atoms with E-state index in [9.17, 15) is 0 Å². The molecule has 1 aromatic heterocycles. The topological polar surface area (TPSA) is 65.7 Å². The van der Waals surface area contributed by atoms with Crippen LogP contribution in [0.25, 0.3) is 0 Å². The Morgan fingerprint density at radius 2 is 1.81 bits per heavy atom. The van der Waals surface area contributed by atoms with E-state index in [0.29, 0.717) is 28.7 Å². The Labute approximate surface area is 184 Å². The van der Waals surface area contributed by atoms with Crippen LogP contribution in [-0.4, -0.2) is 32.0 Å². The molecular weight excluding hydrogens is 420 g/mol. The molecule has 0 saturated heterocycles. The second kappa shape index (κ2) is 7.74. The molecule has 2 atom stereocenters. The molecule has 0 bridgehead atoms. The highest BCUT2D eigenvalue weighted by atomic mass is 35.5. The number of nitrogens with zero attached hydrogens (tertiary/aromatic N) is 2. The molecule has 0 N–H and O–H groups in total. The van der Waals surface area contributed by atoms with Crippen LogP contribution in [0.15, 0.2) is 58.2 Å². The molecule has 3 heterocycles. The predicted molar refractivity (Wildman–Crippen MR) is 115 cm³/mol. The molecule has 0 aliphatic carbocycles. The van der Waals surface area contributed by atoms with Gasteiger partial charge in [0.15, 0.2) is 11.5 Å². The van der Waals surface area contributed by atoms with Crippen LogP contribution in [0.2, 0.25) is 5.02 Å². The van der Waals surface area contributed by atoms with Crippen molar-refractivity contribution < 1.29 is 23.4 Å². The second-order valence-electron chi connectivity index (χ2n) is 7.23. The monoisotopic (exact) mass is 440 g/mol. The third-order valence-electron chi connectivity index (χ3n) is 5.53. The summed E-state index contributed by atoms with van der Waals surface area (Å²) in [4.78, 5) is 0. The van der Waals surface area contributed by atoms with Gasteiger partial charge in [-0.1, -0.05) is 11.6 Å². The van der Waals surface area contributed by atoms with Crippen molar-refractivity contribution in [2.45, 2.75) is 18.7 Å². The summed E-state index contributed by atoms with van der Waals surface area (Å²) in [5.74, 6) is 3.12. The lowest BCUT2D eigenvalue weighted by atomic mass is 9.97. The van der Waals surface area contributed by atoms with Gasteiger partial charge in [0, 0.05) is 22.6 Å². The number of ether oxygens (including phenoxy) is 4. The molecule has 0 saturated carbocycles. The van der Waals surface area contributed by atoms with Crippen LogP contribution in [0.5, 0.6) is 23.0 Å². The highest BCUT2D eigenvalue weighted by Crippen LogP contribution is 2.50. The first kappa shape index (κ1) is 19.6. The van der Waals surface area contributed by atoms with Crippen LogP contribution in [0.1, 0.15) is 35.6 Å². The van der Waals surface area contributed by atoms with Crippen LogP contribution < -0.4 is 18.9 Å². The van der Waals surface area contributed by atoms with Crippen molar-refractivity contribution in [3.8, 4) is 23.0 Å². The van der Waals surface area contributed by atoms with E-state index in [1.165, 1.54) is 0 Å². The second-order valence-corrected chi connectivity index (χ2v) is 7.67. The van der Waals surface area contributed by atoms with E-state index in [4.69, 9.17) is 40.1 Å². The number of hydrazone groups is 1. The van der Waals surface area contributed by atoms with Gasteiger partial charge in [0.05, 0.1) is 33.6 Å². The largest absolute Gasteiger partial charge is 0.493 e. The van der Waals surface area contributed by atoms with Gasteiger partial charge in [0.25, 0.3) is 0 Å². The lowest BCUT2D eigenvalue weighted by molar-refractivity contribution is -0.0192. The van der Waals surface area contributed by atoms with Gasteiger partial charge in [-0.05, 0) is 42.5 Å². The zero-order valence-electron chi connectivity index (χ0n) is 17.3. The van der Waals surface area contributed by atoms with Crippen molar-refractivity contribution in [2.24, 2.45) is 5.10 Å². The highest BCUT2D eigenvalue weighted by Gasteiger charge is 2.42. The van der Waals surface area contributed by atoms with Crippen LogP contribution in [0.4, 0.5) is 0 Å². The smallest absolute Gasteiger partial charge is 0.214 e. The molecule has 31 heavy (non-hydrogen) atoms. The van der Waals surface area contributed by atoms with Gasteiger partial charge >= 0.3 is 0 Å². The molecule has 2 aliphatic rings. The zero-order valence-corrected chi connectivity index (χ0v) is 18.1. The van der Waals surface area contributed by atoms with Gasteiger partial charge in [-0.25, -0.2) is 5.01 Å². The first-order valence-corrected chi connectivity index (χ1v) is 10.2. The standard InChI is InChI=1S/C23H21ClN2O5/c1-27-20-9-13(10-21(28-2)22(20)29-3)23-26-17(12-16(25-26)19-5-4-8-30-19)15-11-14(24)6-7-18(15)31-23/h4-11,17,23H,12H2,1-3H3. The van der Waals surface area contributed by atoms with Crippen molar-refractivity contribution in [3.63, 3.8) is 0 Å². The SMILES string of the molecule is COc1cc(C2Oc3ccc(Cl)cc3C3CC(c4ccco4)=NN32)cc(OC)c1OC. The van der Waals surface area contributed by atoms with Crippen LogP contribution >= 0.6 is 11.6 Å². The van der Waals surface area contributed by atoms with E-state index in [2.05, 4.69) is 0 Å². The average molecular weight is 441 g/mol. The Morgan fingerprint density at radius 3 is 2.45 bits per heavy atom. The number of benzene rings is 2. The number of methoxy groups -OCH3 is 3. The Morgan fingerprint density at radius 1 is 1.03 bits per heavy atom. The Hall–Kier alpha value is -3.32. The Bertz CT molecular complexity index is 1120. The Balaban J connectivity index is 1.64. The molecule has 8 heteroatoms. The molecule has 5 rings (SSSR count). The fourth-order valence-corrected chi connectivity index (χ4v) is 4.29. The van der Waals surface area contributed by atoms with E-state index in [0.717, 1.165) is 28.3 Å². The number of hydrogen-bond donors (Lipinski definition) is 0. The molecule has 2 unspecified atom stereocenters. The van der Waals surface area contributed by atoms with Crippen molar-refractivity contribution in [2.75, 3.05) is 21.3 Å². The quantitative estimate of drug-likeness (QED) is 0.543. The molecule has 0 amide bonds. The minimum atomic E-state index is -0.500. The van der Waals surface area contributed by atoms with E-state index >= 15 is 0 Å². The number of furan rings is 1. The maximum atomic E-state index is 6.40. The fraction of sp³-hybridized carbons (Fsp3) is 0.261. The van der Waals surface area contributed by atoms with Crippen LogP contribution in [0.3, 0.4) is 0 Å². The van der Waals surface area contributed by atoms with Gasteiger partial charge in [-0.15, -0.1) is 0 Å². The molecule has 7 nitrogen and oxygen atoms in total. The summed E-state index contributed by atoms with van der Waals surface area (Å²) >= 11 is 6.29. The zero-order chi connectivity index (χ0) is 21.5. The minimum Gasteiger partial charge on any atom is -0.493 e. The third-order valence-corrected chi connectivity index (χ3v) is 5.76. The van der Waals surface area contributed by atoms with Gasteiger partial charge in [0.1, 0.15) is 17.2 Å². The van der Waals surface area contributed by atoms with E-state index in [1.807, 2.05) is 47.5 Å². The molecule has 0 spiro atoms. The molecule has 2 aliphatic heterocycles. The van der Waals surface area contributed by atoms with Crippen LogP contribution in [0, 0.1) is 0 Å². The van der Waals surface area contributed by atoms with Crippen molar-refractivity contribution in [3.05, 3.63) is 70.6 Å². The van der Waals surface area contributed by atoms with Crippen molar-refractivity contribution in [1.29, 1.82) is 0 Å². The maximum absolute atomic E-state index is 6.40. The summed E-state index contributed by atoms with van der Waals surface area (Å²) in [5, 5.41) is 7.46. The summed E-state index contributed by atoms with van der Waals surface area (Å²) in [5.41, 5.74) is 2.66. The first-order chi connectivity index (χ1) is 15.1. The average Bonchev–Trinajstić information content (AvgIpc) is 3.47. The maximum Gasteiger partial charge on any atom is 0.214 e. The van der Waals surface area contributed by atoms with E-state index in [-0.39, 0.29) is 6.04 Å². The normalized spacial score (nSPS) is 19.2. The lowest BCUT2D eigenvalue weighted by Gasteiger charge is -2.38. The number of halogens is 1. The third kappa shape index (κ3) is 3.25. The highest BCUT2D eigenvalue weighted by molar-refractivity contribution is 6.30. The minimum absolute atomic E-state index is 0.0494. The number of hydrogen-bond acceptors (Lipinski definition) is 7. The molecule has 3 aromatic rings. The van der Waals surface area contributed by atoms with Gasteiger partial charge in [-0.3, -0.25) is 0 Å². The summed E-state index contributed by atoms with van der Waals surface area (Å²) in [6.45, 7) is 0. The van der Waals surface area contributed by atoms with Gasteiger partial charge < -0.3 is 23.4 Å². The lowest BCUT2D eigenvalue weighted by Crippen LogP contribution is -2.33. The fourth-order valence-electron chi connectivity index (χ4n) is 4.11. The van der Waals surface area contributed by atoms with Gasteiger partial charge in [-0.2, -0.15) is 5.10 Å². The molecular formula is C23H21ClN2O5. The molecule has 160 valence electrons. The molecule has 2 aromatic carbocycles. The summed E-state index contributed by atoms with van der Waals surface area (Å²) < 4.78 is 28.5. The molecule has 0 fully saturated rings. The predicted octanol–water partition coefficient (Wildman–Crippen LogP) is 5.20. The summed E-state index contributed by atoms with van der Waals surface area (Å²) in [7, 11) is 4.76. The van der Waals surface area contributed by atoms with E-state index < -0.39 is 6.23 Å². The summed E-state index contributed by atoms with van der Waals surface area (Å²) in [6, 6.07) is 13.1. The Kier molecular flexibility index (Phi) is 4.90. The summed E-state index contributed by atoms with van der Waals surface area (Å²) in [6.07, 6.45) is 1.82.